The van der Waals surface area contributed by atoms with Gasteiger partial charge >= 0.3 is 0 Å². The summed E-state index contributed by atoms with van der Waals surface area (Å²) in [5.74, 6) is 0.917. The van der Waals surface area contributed by atoms with Gasteiger partial charge in [-0.25, -0.2) is 0 Å². The van der Waals surface area contributed by atoms with Crippen molar-refractivity contribution in [2.24, 2.45) is 5.92 Å². The lowest BCUT2D eigenvalue weighted by atomic mass is 9.94. The van der Waals surface area contributed by atoms with Gasteiger partial charge in [-0.1, -0.05) is 49.9 Å². The molecule has 2 nitrogen and oxygen atoms in total. The number of nitrogens with one attached hydrogen (secondary N) is 1. The molecule has 2 aliphatic carbocycles. The fourth-order valence-corrected chi connectivity index (χ4v) is 4.51. The van der Waals surface area contributed by atoms with Crippen LogP contribution >= 0.6 is 0 Å². The van der Waals surface area contributed by atoms with Gasteiger partial charge in [0.2, 0.25) is 0 Å². The molecule has 0 radical (unpaired) electrons. The van der Waals surface area contributed by atoms with Crippen LogP contribution < -0.4 is 5.32 Å². The Morgan fingerprint density at radius 2 is 1.80 bits per heavy atom. The van der Waals surface area contributed by atoms with Crippen LogP contribution in [-0.4, -0.2) is 24.8 Å². The summed E-state index contributed by atoms with van der Waals surface area (Å²) in [5.41, 5.74) is 3.04. The quantitative estimate of drug-likeness (QED) is 0.892. The molecule has 20 heavy (non-hydrogen) atoms. The van der Waals surface area contributed by atoms with E-state index < -0.39 is 0 Å². The normalized spacial score (nSPS) is 28.9. The number of ether oxygens (including phenoxy) is 1. The molecule has 4 rings (SSSR count). The van der Waals surface area contributed by atoms with Crippen molar-refractivity contribution in [3.63, 3.8) is 0 Å². The van der Waals surface area contributed by atoms with E-state index in [1.807, 2.05) is 0 Å². The molecule has 1 saturated heterocycles. The lowest BCUT2D eigenvalue weighted by molar-refractivity contribution is -0.116. The topological polar surface area (TPSA) is 21.3 Å². The van der Waals surface area contributed by atoms with Crippen molar-refractivity contribution in [1.29, 1.82) is 0 Å². The molecule has 0 amide bonds. The molecule has 3 aliphatic rings. The van der Waals surface area contributed by atoms with Crippen molar-refractivity contribution in [1.82, 2.24) is 5.32 Å². The highest BCUT2D eigenvalue weighted by atomic mass is 16.5. The largest absolute Gasteiger partial charge is 0.368 e. The number of hydrogen-bond donors (Lipinski definition) is 1. The van der Waals surface area contributed by atoms with E-state index >= 15 is 0 Å². The van der Waals surface area contributed by atoms with Crippen LogP contribution in [0.15, 0.2) is 24.3 Å². The zero-order valence-corrected chi connectivity index (χ0v) is 12.2. The van der Waals surface area contributed by atoms with Gasteiger partial charge in [-0.05, 0) is 23.5 Å². The Morgan fingerprint density at radius 3 is 2.50 bits per heavy atom. The number of rotatable bonds is 2. The van der Waals surface area contributed by atoms with E-state index in [1.165, 1.54) is 43.2 Å². The fourth-order valence-electron chi connectivity index (χ4n) is 4.51. The summed E-state index contributed by atoms with van der Waals surface area (Å²) in [4.78, 5) is 0. The van der Waals surface area contributed by atoms with Gasteiger partial charge in [0, 0.05) is 25.9 Å². The van der Waals surface area contributed by atoms with E-state index in [-0.39, 0.29) is 5.60 Å². The third-order valence-electron chi connectivity index (χ3n) is 5.45. The molecule has 2 heteroatoms. The second-order valence-corrected chi connectivity index (χ2v) is 7.06. The summed E-state index contributed by atoms with van der Waals surface area (Å²) in [6.07, 6.45) is 9.60. The minimum absolute atomic E-state index is 0.0468. The maximum Gasteiger partial charge on any atom is 0.0891 e. The van der Waals surface area contributed by atoms with Crippen molar-refractivity contribution < 1.29 is 4.74 Å². The van der Waals surface area contributed by atoms with Gasteiger partial charge in [0.25, 0.3) is 0 Å². The zero-order valence-electron chi connectivity index (χ0n) is 12.2. The molecule has 0 bridgehead atoms. The Balaban J connectivity index is 1.44. The number of benzene rings is 1. The molecular formula is C18H25NO. The third-order valence-corrected chi connectivity index (χ3v) is 5.45. The monoisotopic (exact) mass is 271 g/mol. The molecule has 1 heterocycles. The number of morpholine rings is 1. The van der Waals surface area contributed by atoms with Gasteiger partial charge in [-0.2, -0.15) is 0 Å². The van der Waals surface area contributed by atoms with Crippen LogP contribution in [0.4, 0.5) is 0 Å². The first kappa shape index (κ1) is 12.8. The molecule has 1 saturated carbocycles. The minimum atomic E-state index is 0.0468. The molecule has 1 aromatic carbocycles. The highest BCUT2D eigenvalue weighted by molar-refractivity contribution is 5.35. The van der Waals surface area contributed by atoms with Gasteiger partial charge in [0.05, 0.1) is 11.7 Å². The Hall–Kier alpha value is -0.860. The lowest BCUT2D eigenvalue weighted by Gasteiger charge is -2.40. The molecular weight excluding hydrogens is 246 g/mol. The summed E-state index contributed by atoms with van der Waals surface area (Å²) in [5, 5.41) is 3.65. The molecule has 0 aromatic heterocycles. The fraction of sp³-hybridized carbons (Fsp3) is 0.667. The molecule has 1 unspecified atom stereocenters. The predicted molar refractivity (Wildman–Crippen MR) is 80.9 cm³/mol. The van der Waals surface area contributed by atoms with Gasteiger partial charge in [-0.3, -0.25) is 0 Å². The van der Waals surface area contributed by atoms with E-state index in [0.717, 1.165) is 31.8 Å². The van der Waals surface area contributed by atoms with Gasteiger partial charge in [0.1, 0.15) is 0 Å². The Morgan fingerprint density at radius 1 is 1.10 bits per heavy atom. The Bertz CT molecular complexity index is 453. The summed E-state index contributed by atoms with van der Waals surface area (Å²) in [6.45, 7) is 2.07. The van der Waals surface area contributed by atoms with Gasteiger partial charge in [-0.15, -0.1) is 0 Å². The average Bonchev–Trinajstić information content (AvgIpc) is 3.05. The predicted octanol–water partition coefficient (Wildman–Crippen LogP) is 3.09. The summed E-state index contributed by atoms with van der Waals surface area (Å²) < 4.78 is 6.62. The molecule has 1 atom stereocenters. The van der Waals surface area contributed by atoms with Crippen molar-refractivity contribution in [2.75, 3.05) is 13.1 Å². The Kier molecular flexibility index (Phi) is 3.31. The second-order valence-electron chi connectivity index (χ2n) is 7.06. The van der Waals surface area contributed by atoms with E-state index in [4.69, 9.17) is 4.74 Å². The SMILES string of the molecule is c1ccc2c(c1)CC1(CNCC(CC3CCCC3)O1)C2. The van der Waals surface area contributed by atoms with Crippen molar-refractivity contribution >= 4 is 0 Å². The molecule has 1 spiro atoms. The van der Waals surface area contributed by atoms with E-state index in [2.05, 4.69) is 29.6 Å². The van der Waals surface area contributed by atoms with Crippen LogP contribution in [0.2, 0.25) is 0 Å². The Labute approximate surface area is 121 Å². The standard InChI is InChI=1S/C18H25NO/c1-2-6-14(5-1)9-17-12-19-13-18(20-17)10-15-7-3-4-8-16(15)11-18/h3-4,7-8,14,17,19H,1-2,5-6,9-13H2. The van der Waals surface area contributed by atoms with E-state index in [0.29, 0.717) is 6.10 Å². The second kappa shape index (κ2) is 5.16. The van der Waals surface area contributed by atoms with E-state index in [1.54, 1.807) is 0 Å². The third kappa shape index (κ3) is 2.40. The van der Waals surface area contributed by atoms with Crippen LogP contribution in [0.25, 0.3) is 0 Å². The summed E-state index contributed by atoms with van der Waals surface area (Å²) in [7, 11) is 0. The van der Waals surface area contributed by atoms with Gasteiger partial charge < -0.3 is 10.1 Å². The van der Waals surface area contributed by atoms with Crippen molar-refractivity contribution in [3.05, 3.63) is 35.4 Å². The summed E-state index contributed by atoms with van der Waals surface area (Å²) in [6, 6.07) is 8.86. The highest BCUT2D eigenvalue weighted by Gasteiger charge is 2.42. The van der Waals surface area contributed by atoms with Crippen molar-refractivity contribution in [3.8, 4) is 0 Å². The maximum absolute atomic E-state index is 6.62. The first-order chi connectivity index (χ1) is 9.83. The zero-order chi connectivity index (χ0) is 13.4. The van der Waals surface area contributed by atoms with Crippen LogP contribution in [0.3, 0.4) is 0 Å². The molecule has 2 fully saturated rings. The first-order valence-electron chi connectivity index (χ1n) is 8.28. The first-order valence-corrected chi connectivity index (χ1v) is 8.28. The molecule has 108 valence electrons. The smallest absolute Gasteiger partial charge is 0.0891 e. The lowest BCUT2D eigenvalue weighted by Crippen LogP contribution is -2.54. The molecule has 1 aliphatic heterocycles. The highest BCUT2D eigenvalue weighted by Crippen LogP contribution is 2.37. The average molecular weight is 271 g/mol. The minimum Gasteiger partial charge on any atom is -0.368 e. The van der Waals surface area contributed by atoms with Crippen LogP contribution in [-0.2, 0) is 17.6 Å². The van der Waals surface area contributed by atoms with Crippen LogP contribution in [0.1, 0.15) is 43.2 Å². The van der Waals surface area contributed by atoms with Crippen molar-refractivity contribution in [2.45, 2.75) is 56.7 Å². The maximum atomic E-state index is 6.62. The number of hydrogen-bond acceptors (Lipinski definition) is 2. The number of fused-ring (bicyclic) bond motifs is 1. The van der Waals surface area contributed by atoms with E-state index in [9.17, 15) is 0 Å². The molecule has 1 aromatic rings. The molecule has 1 N–H and O–H groups in total. The van der Waals surface area contributed by atoms with Crippen LogP contribution in [0.5, 0.6) is 0 Å². The van der Waals surface area contributed by atoms with Crippen LogP contribution in [0, 0.1) is 5.92 Å². The van der Waals surface area contributed by atoms with Gasteiger partial charge in [0.15, 0.2) is 0 Å². The summed E-state index contributed by atoms with van der Waals surface area (Å²) >= 11 is 0.